The summed E-state index contributed by atoms with van der Waals surface area (Å²) in [5.74, 6) is 0. The van der Waals surface area contributed by atoms with Gasteiger partial charge in [-0.2, -0.15) is 0 Å². The van der Waals surface area contributed by atoms with Crippen LogP contribution in [0.3, 0.4) is 0 Å². The first-order chi connectivity index (χ1) is 16.3. The Balaban J connectivity index is 1.75. The molecular weight excluding hydrogens is 606 g/mol. The number of nitrogens with two attached hydrogens (primary N) is 1. The van der Waals surface area contributed by atoms with Crippen molar-refractivity contribution in [3.8, 4) is 0 Å². The first-order valence-electron chi connectivity index (χ1n) is 10.4. The van der Waals surface area contributed by atoms with E-state index in [-0.39, 0.29) is 8.82 Å². The first-order valence-corrected chi connectivity index (χ1v) is 17.5. The molecule has 1 fully saturated rings. The fourth-order valence-electron chi connectivity index (χ4n) is 4.25. The van der Waals surface area contributed by atoms with Crippen molar-refractivity contribution >= 4 is 54.3 Å². The van der Waals surface area contributed by atoms with Crippen molar-refractivity contribution < 1.29 is 13.5 Å². The third-order valence-corrected chi connectivity index (χ3v) is 19.8. The van der Waals surface area contributed by atoms with E-state index in [2.05, 4.69) is 0 Å². The van der Waals surface area contributed by atoms with Crippen molar-refractivity contribution in [3.63, 3.8) is 0 Å². The number of aliphatic hydroxyl groups excluding tert-OH is 1. The normalized spacial score (nSPS) is 23.0. The number of nitrogen functional groups attached to an aromatic ring is 1. The zero-order chi connectivity index (χ0) is 24.0. The Morgan fingerprint density at radius 1 is 0.853 bits per heavy atom. The van der Waals surface area contributed by atoms with Gasteiger partial charge in [-0.05, 0) is 0 Å². The summed E-state index contributed by atoms with van der Waals surface area (Å²) in [5.41, 5.74) is 8.08. The second kappa shape index (κ2) is 9.20. The Kier molecular flexibility index (Phi) is 6.41. The number of alkyl halides is 1. The number of anilines is 1. The predicted octanol–water partition coefficient (Wildman–Crippen LogP) is 6.30. The van der Waals surface area contributed by atoms with Gasteiger partial charge in [-0.3, -0.25) is 0 Å². The average Bonchev–Trinajstić information content (AvgIpc) is 3.18. The zero-order valence-corrected chi connectivity index (χ0v) is 22.2. The summed E-state index contributed by atoms with van der Waals surface area (Å²) in [7, 11) is -3.72. The Morgan fingerprint density at radius 3 is 2.00 bits per heavy atom. The molecule has 0 radical (unpaired) electrons. The van der Waals surface area contributed by atoms with Crippen LogP contribution in [0.4, 0.5) is 5.69 Å². The molecule has 0 spiro atoms. The molecule has 0 bridgehead atoms. The van der Waals surface area contributed by atoms with E-state index in [1.165, 1.54) is 0 Å². The van der Waals surface area contributed by atoms with E-state index in [1.807, 2.05) is 35.2 Å². The first kappa shape index (κ1) is 23.7. The Morgan fingerprint density at radius 2 is 1.41 bits per heavy atom. The maximum atomic E-state index is 14.2. The number of hydrogen-bond donors (Lipinski definition) is 2. The van der Waals surface area contributed by atoms with Crippen LogP contribution in [0.5, 0.6) is 0 Å². The van der Waals surface area contributed by atoms with E-state index in [0.717, 1.165) is 11.1 Å². The molecule has 5 nitrogen and oxygen atoms in total. The van der Waals surface area contributed by atoms with E-state index in [9.17, 15) is 13.5 Å². The summed E-state index contributed by atoms with van der Waals surface area (Å²) < 4.78 is 28.7. The van der Waals surface area contributed by atoms with E-state index in [1.54, 1.807) is 60.7 Å². The molecule has 0 saturated carbocycles. The third kappa shape index (κ3) is 4.13. The van der Waals surface area contributed by atoms with Gasteiger partial charge in [-0.1, -0.05) is 0 Å². The number of nitrogens with zero attached hydrogens (tertiary/aromatic N) is 1. The van der Waals surface area contributed by atoms with Crippen LogP contribution in [0.1, 0.15) is 21.1 Å². The molecule has 0 amide bonds. The van der Waals surface area contributed by atoms with Gasteiger partial charge in [0.05, 0.1) is 0 Å². The number of hydrogen-bond acceptors (Lipinski definition) is 5. The second-order valence-corrected chi connectivity index (χ2v) is 19.9. The molecule has 1 saturated heterocycles. The van der Waals surface area contributed by atoms with E-state index >= 15 is 0 Å². The monoisotopic (exact) mass is 626 g/mol. The molecule has 2 heterocycles. The molecule has 3 aromatic carbocycles. The number of rotatable bonds is 4. The summed E-state index contributed by atoms with van der Waals surface area (Å²) in [6.45, 7) is 0. The van der Waals surface area contributed by atoms with Crippen molar-refractivity contribution in [1.82, 2.24) is 4.90 Å². The van der Waals surface area contributed by atoms with Gasteiger partial charge in [0.15, 0.2) is 0 Å². The number of allylic oxidation sites excluding steroid dienone is 2. The zero-order valence-electron chi connectivity index (χ0n) is 17.7. The van der Waals surface area contributed by atoms with Gasteiger partial charge >= 0.3 is 215 Å². The van der Waals surface area contributed by atoms with Crippen LogP contribution >= 0.6 is 41.6 Å². The van der Waals surface area contributed by atoms with Crippen LogP contribution in [0, 0.1) is 0 Å². The molecule has 1 unspecified atom stereocenters. The molecule has 3 atom stereocenters. The molecule has 176 valence electrons. The van der Waals surface area contributed by atoms with Gasteiger partial charge in [0, 0.05) is 0 Å². The topological polar surface area (TPSA) is 83.6 Å². The number of fused-ring (bicyclic) bond motifs is 1. The van der Waals surface area contributed by atoms with Crippen LogP contribution in [0.15, 0.2) is 99.6 Å². The van der Waals surface area contributed by atoms with Gasteiger partial charge in [-0.15, -0.1) is 0 Å². The standard InChI is InChI=1S/C25H21Cl2IN2O3S/c26-18-8-4-16(5-9-18)24-25(17-6-10-19(27)11-7-17)30-22(2-1-3-23(30)31)28(24)34(32,33)21-14-12-20(29)13-15-21/h1-15,23-25,31H,29H2/t23?,24-,25+/m1/s1. The Bertz CT molecular complexity index is 1380. The fraction of sp³-hybridized carbons (Fsp3) is 0.120. The molecule has 3 N–H and O–H groups in total. The van der Waals surface area contributed by atoms with Crippen molar-refractivity contribution in [2.75, 3.05) is 5.73 Å². The Labute approximate surface area is 214 Å². The van der Waals surface area contributed by atoms with Crippen LogP contribution < -0.4 is 5.73 Å². The van der Waals surface area contributed by atoms with Crippen molar-refractivity contribution in [2.45, 2.75) is 21.1 Å². The third-order valence-electron chi connectivity index (χ3n) is 5.81. The van der Waals surface area contributed by atoms with Crippen molar-refractivity contribution in [3.05, 3.63) is 116 Å². The summed E-state index contributed by atoms with van der Waals surface area (Å²) in [6.07, 6.45) is 4.30. The van der Waals surface area contributed by atoms with Crippen molar-refractivity contribution in [1.29, 1.82) is 0 Å². The van der Waals surface area contributed by atoms with E-state index < -0.39 is 37.7 Å². The van der Waals surface area contributed by atoms with Crippen LogP contribution in [0.2, 0.25) is 10.0 Å². The van der Waals surface area contributed by atoms with Crippen LogP contribution in [-0.2, 0) is 7.01 Å². The SMILES string of the molecule is Nc1ccc(S(=O)(=O)I2C3=CC=CC(O)N3[C@@H](c3ccc(Cl)cc3)[C@H]2c2ccc(Cl)cc2)cc1. The molecule has 0 aliphatic carbocycles. The molecule has 5 rings (SSSR count). The minimum absolute atomic E-state index is 0.243. The number of benzene rings is 3. The van der Waals surface area contributed by atoms with Crippen LogP contribution in [0.25, 0.3) is 0 Å². The second-order valence-electron chi connectivity index (χ2n) is 7.93. The molecule has 3 aromatic rings. The molecular formula is C25H21Cl2IN2O3S. The predicted molar refractivity (Wildman–Crippen MR) is 146 cm³/mol. The van der Waals surface area contributed by atoms with Gasteiger partial charge in [0.2, 0.25) is 0 Å². The Hall–Kier alpha value is -2.04. The molecule has 34 heavy (non-hydrogen) atoms. The summed E-state index contributed by atoms with van der Waals surface area (Å²) >= 11 is 9.20. The maximum absolute atomic E-state index is 14.2. The quantitative estimate of drug-likeness (QED) is 0.117. The summed E-state index contributed by atoms with van der Waals surface area (Å²) in [4.78, 5) is 2.09. The fourth-order valence-corrected chi connectivity index (χ4v) is 19.1. The average molecular weight is 627 g/mol. The molecule has 2 aliphatic heterocycles. The summed E-state index contributed by atoms with van der Waals surface area (Å²) in [5, 5.41) is 12.2. The van der Waals surface area contributed by atoms with Crippen LogP contribution in [-0.4, -0.2) is 24.7 Å². The van der Waals surface area contributed by atoms with Gasteiger partial charge in [0.25, 0.3) is 0 Å². The summed E-state index contributed by atoms with van der Waals surface area (Å²) in [6, 6.07) is 20.7. The molecule has 2 aliphatic rings. The number of halogens is 3. The van der Waals surface area contributed by atoms with Gasteiger partial charge in [-0.25, -0.2) is 0 Å². The van der Waals surface area contributed by atoms with Crippen molar-refractivity contribution in [2.24, 2.45) is 0 Å². The van der Waals surface area contributed by atoms with Gasteiger partial charge in [0.1, 0.15) is 0 Å². The molecule has 0 aromatic heterocycles. The molecule has 9 heteroatoms. The van der Waals surface area contributed by atoms with E-state index in [4.69, 9.17) is 28.9 Å². The minimum atomic E-state index is -3.72. The van der Waals surface area contributed by atoms with E-state index in [0.29, 0.717) is 19.4 Å². The van der Waals surface area contributed by atoms with Gasteiger partial charge < -0.3 is 0 Å². The number of aliphatic hydroxyl groups is 1.